The van der Waals surface area contributed by atoms with E-state index in [1.54, 1.807) is 0 Å². The number of aliphatic hydroxyl groups is 1. The fourth-order valence-corrected chi connectivity index (χ4v) is 6.37. The zero-order chi connectivity index (χ0) is 22.1. The van der Waals surface area contributed by atoms with Gasteiger partial charge < -0.3 is 14.7 Å². The number of pyridine rings is 1. The van der Waals surface area contributed by atoms with Gasteiger partial charge in [0.15, 0.2) is 5.65 Å². The highest BCUT2D eigenvalue weighted by Crippen LogP contribution is 2.56. The average Bonchev–Trinajstić information content (AvgIpc) is 3.54. The van der Waals surface area contributed by atoms with Crippen molar-refractivity contribution < 1.29 is 9.84 Å². The van der Waals surface area contributed by atoms with Crippen LogP contribution in [-0.4, -0.2) is 86.1 Å². The summed E-state index contributed by atoms with van der Waals surface area (Å²) < 4.78 is 9.43. The molecular weight excluding hydrogens is 442 g/mol. The van der Waals surface area contributed by atoms with E-state index >= 15 is 0 Å². The van der Waals surface area contributed by atoms with Crippen molar-refractivity contribution in [3.8, 4) is 5.69 Å². The van der Waals surface area contributed by atoms with E-state index in [0.29, 0.717) is 24.3 Å². The highest BCUT2D eigenvalue weighted by molar-refractivity contribution is 6.33. The van der Waals surface area contributed by atoms with Gasteiger partial charge in [-0.1, -0.05) is 11.6 Å². The topological polar surface area (TPSA) is 84.5 Å². The smallest absolute Gasteiger partial charge is 0.165 e. The van der Waals surface area contributed by atoms with Gasteiger partial charge in [-0.05, 0) is 37.2 Å². The Balaban J connectivity index is 1.13. The molecule has 3 unspecified atom stereocenters. The van der Waals surface area contributed by atoms with Crippen LogP contribution in [0.3, 0.4) is 0 Å². The standard InChI is InChI=1S/C23H28ClN7O2/c24-18-7-15-9-26-31(16-10-25-30(11-16)19-8-14-1-2-17(14)19)22(15)27-23(18)29-5-3-28(4-6-29)20-12-33-13-21(20)32/h7,9-11,14,17,19-21,32H,1-6,8,12-13H2/t14?,17?,19?,20-,21+/m1/s1. The van der Waals surface area contributed by atoms with Crippen molar-refractivity contribution in [3.63, 3.8) is 0 Å². The van der Waals surface area contributed by atoms with Crippen molar-refractivity contribution in [2.45, 2.75) is 37.5 Å². The number of halogens is 1. The number of nitrogens with zero attached hydrogens (tertiary/aromatic N) is 7. The molecule has 5 atom stereocenters. The second kappa shape index (κ2) is 7.66. The van der Waals surface area contributed by atoms with Gasteiger partial charge in [0.1, 0.15) is 11.5 Å². The largest absolute Gasteiger partial charge is 0.389 e. The molecule has 3 aromatic rings. The summed E-state index contributed by atoms with van der Waals surface area (Å²) in [6.07, 6.45) is 9.38. The van der Waals surface area contributed by atoms with E-state index in [-0.39, 0.29) is 6.04 Å². The zero-order valence-electron chi connectivity index (χ0n) is 18.4. The Hall–Kier alpha value is -2.20. The van der Waals surface area contributed by atoms with Crippen molar-refractivity contribution in [2.75, 3.05) is 44.3 Å². The number of rotatable bonds is 4. The van der Waals surface area contributed by atoms with Gasteiger partial charge in [0.25, 0.3) is 0 Å². The molecule has 2 aliphatic carbocycles. The van der Waals surface area contributed by atoms with Gasteiger partial charge in [0, 0.05) is 31.6 Å². The molecule has 2 saturated carbocycles. The van der Waals surface area contributed by atoms with E-state index in [4.69, 9.17) is 21.3 Å². The molecule has 0 radical (unpaired) electrons. The van der Waals surface area contributed by atoms with E-state index in [9.17, 15) is 5.11 Å². The van der Waals surface area contributed by atoms with Crippen molar-refractivity contribution >= 4 is 28.5 Å². The maximum absolute atomic E-state index is 10.2. The number of hydrogen-bond acceptors (Lipinski definition) is 7. The van der Waals surface area contributed by atoms with E-state index in [0.717, 1.165) is 60.6 Å². The number of aromatic nitrogens is 5. The van der Waals surface area contributed by atoms with Crippen LogP contribution in [0.4, 0.5) is 5.82 Å². The Morgan fingerprint density at radius 2 is 1.91 bits per heavy atom. The van der Waals surface area contributed by atoms with Crippen LogP contribution in [0.25, 0.3) is 16.7 Å². The van der Waals surface area contributed by atoms with Gasteiger partial charge in [0.05, 0.1) is 55.0 Å². The summed E-state index contributed by atoms with van der Waals surface area (Å²) in [7, 11) is 0. The first-order valence-corrected chi connectivity index (χ1v) is 12.4. The lowest BCUT2D eigenvalue weighted by atomic mass is 9.56. The maximum atomic E-state index is 10.2. The summed E-state index contributed by atoms with van der Waals surface area (Å²) in [6, 6.07) is 2.58. The van der Waals surface area contributed by atoms with Crippen LogP contribution in [-0.2, 0) is 4.74 Å². The summed E-state index contributed by atoms with van der Waals surface area (Å²) in [5, 5.41) is 21.0. The molecule has 0 amide bonds. The molecule has 0 aromatic carbocycles. The van der Waals surface area contributed by atoms with Gasteiger partial charge in [-0.3, -0.25) is 9.58 Å². The van der Waals surface area contributed by atoms with Crippen LogP contribution in [0.2, 0.25) is 5.02 Å². The lowest BCUT2D eigenvalue weighted by molar-refractivity contribution is -0.0217. The Labute approximate surface area is 196 Å². The van der Waals surface area contributed by atoms with Crippen LogP contribution >= 0.6 is 11.6 Å². The average molecular weight is 470 g/mol. The molecule has 2 aliphatic heterocycles. The summed E-state index contributed by atoms with van der Waals surface area (Å²) in [5.74, 6) is 2.52. The van der Waals surface area contributed by atoms with Gasteiger partial charge >= 0.3 is 0 Å². The normalized spacial score (nSPS) is 32.1. The molecule has 1 N–H and O–H groups in total. The molecule has 10 heteroatoms. The van der Waals surface area contributed by atoms with Gasteiger partial charge in [-0.15, -0.1) is 0 Å². The first kappa shape index (κ1) is 20.2. The van der Waals surface area contributed by atoms with E-state index in [2.05, 4.69) is 30.9 Å². The molecule has 5 heterocycles. The Morgan fingerprint density at radius 1 is 1.03 bits per heavy atom. The SMILES string of the molecule is O[C@H]1COC[C@H]1N1CCN(c2nc3c(cnn3-c3cnn(C4CC5CCC54)c3)cc2Cl)CC1. The third-order valence-electron chi connectivity index (χ3n) is 8.27. The number of fused-ring (bicyclic) bond motifs is 2. The van der Waals surface area contributed by atoms with E-state index in [1.807, 2.05) is 23.1 Å². The Kier molecular flexibility index (Phi) is 4.69. The molecule has 0 bridgehead atoms. The molecule has 9 nitrogen and oxygen atoms in total. The van der Waals surface area contributed by atoms with Gasteiger partial charge in [0.2, 0.25) is 0 Å². The van der Waals surface area contributed by atoms with Gasteiger partial charge in [-0.2, -0.15) is 10.2 Å². The molecule has 33 heavy (non-hydrogen) atoms. The molecule has 3 aromatic heterocycles. The first-order chi connectivity index (χ1) is 16.2. The van der Waals surface area contributed by atoms with Crippen molar-refractivity contribution in [2.24, 2.45) is 11.8 Å². The minimum absolute atomic E-state index is 0.0851. The molecular formula is C23H28ClN7O2. The van der Waals surface area contributed by atoms with Gasteiger partial charge in [-0.25, -0.2) is 9.67 Å². The number of hydrogen-bond donors (Lipinski definition) is 1. The van der Waals surface area contributed by atoms with E-state index in [1.165, 1.54) is 19.3 Å². The van der Waals surface area contributed by atoms with Crippen molar-refractivity contribution in [1.82, 2.24) is 29.4 Å². The monoisotopic (exact) mass is 469 g/mol. The van der Waals surface area contributed by atoms with Crippen molar-refractivity contribution in [3.05, 3.63) is 29.7 Å². The second-order valence-corrected chi connectivity index (χ2v) is 10.3. The predicted octanol–water partition coefficient (Wildman–Crippen LogP) is 2.12. The molecule has 174 valence electrons. The summed E-state index contributed by atoms with van der Waals surface area (Å²) >= 11 is 6.66. The lowest BCUT2D eigenvalue weighted by Gasteiger charge is -2.52. The summed E-state index contributed by atoms with van der Waals surface area (Å²) in [5.41, 5.74) is 1.74. The second-order valence-electron chi connectivity index (χ2n) is 9.94. The molecule has 0 spiro atoms. The van der Waals surface area contributed by atoms with E-state index < -0.39 is 6.10 Å². The lowest BCUT2D eigenvalue weighted by Crippen LogP contribution is -2.53. The number of aliphatic hydroxyl groups excluding tert-OH is 1. The van der Waals surface area contributed by atoms with Crippen molar-refractivity contribution in [1.29, 1.82) is 0 Å². The number of ether oxygens (including phenoxy) is 1. The highest BCUT2D eigenvalue weighted by Gasteiger charge is 2.48. The van der Waals surface area contributed by atoms with Crippen LogP contribution in [0.5, 0.6) is 0 Å². The molecule has 4 aliphatic rings. The summed E-state index contributed by atoms with van der Waals surface area (Å²) in [4.78, 5) is 9.50. The van der Waals surface area contributed by atoms with Crippen LogP contribution in [0.15, 0.2) is 24.7 Å². The fourth-order valence-electron chi connectivity index (χ4n) is 6.09. The summed E-state index contributed by atoms with van der Waals surface area (Å²) in [6.45, 7) is 4.32. The van der Waals surface area contributed by atoms with Crippen LogP contribution in [0.1, 0.15) is 25.3 Å². The highest BCUT2D eigenvalue weighted by atomic mass is 35.5. The first-order valence-electron chi connectivity index (χ1n) is 12.0. The molecule has 2 saturated heterocycles. The number of anilines is 1. The fraction of sp³-hybridized carbons (Fsp3) is 0.609. The number of piperazine rings is 1. The minimum atomic E-state index is -0.403. The third kappa shape index (κ3) is 3.20. The van der Waals surface area contributed by atoms with Crippen LogP contribution < -0.4 is 4.90 Å². The molecule has 4 fully saturated rings. The predicted molar refractivity (Wildman–Crippen MR) is 124 cm³/mol. The van der Waals surface area contributed by atoms with Crippen LogP contribution in [0, 0.1) is 11.8 Å². The maximum Gasteiger partial charge on any atom is 0.165 e. The molecule has 7 rings (SSSR count). The quantitative estimate of drug-likeness (QED) is 0.626. The third-order valence-corrected chi connectivity index (χ3v) is 8.55. The Morgan fingerprint density at radius 3 is 2.61 bits per heavy atom. The Bertz CT molecular complexity index is 1190. The zero-order valence-corrected chi connectivity index (χ0v) is 19.2. The minimum Gasteiger partial charge on any atom is -0.389 e.